The van der Waals surface area contributed by atoms with Crippen molar-refractivity contribution in [2.75, 3.05) is 18.8 Å². The Labute approximate surface area is 198 Å². The lowest BCUT2D eigenvalue weighted by Gasteiger charge is -2.32. The second-order valence-corrected chi connectivity index (χ2v) is 9.78. The molecule has 7 nitrogen and oxygen atoms in total. The first-order valence-electron chi connectivity index (χ1n) is 11.9. The number of nitrogens with zero attached hydrogens (tertiary/aromatic N) is 2. The number of nitrogens with two attached hydrogens (primary N) is 1. The highest BCUT2D eigenvalue weighted by molar-refractivity contribution is 6.09. The molecule has 3 aliphatic rings. The molecule has 2 aliphatic carbocycles. The number of halogens is 1. The molecule has 2 aromatic rings. The third-order valence-corrected chi connectivity index (χ3v) is 7.23. The second kappa shape index (κ2) is 8.74. The molecule has 3 N–H and O–H groups in total. The van der Waals surface area contributed by atoms with E-state index in [1.807, 2.05) is 12.1 Å². The third kappa shape index (κ3) is 4.49. The van der Waals surface area contributed by atoms with E-state index in [2.05, 4.69) is 5.32 Å². The largest absolute Gasteiger partial charge is 0.399 e. The number of carbonyl (C=O) groups excluding carboxylic acids is 3. The van der Waals surface area contributed by atoms with E-state index in [1.165, 1.54) is 25.0 Å². The van der Waals surface area contributed by atoms with Gasteiger partial charge in [0.2, 0.25) is 5.91 Å². The van der Waals surface area contributed by atoms with Crippen molar-refractivity contribution in [3.8, 4) is 0 Å². The molecule has 8 heteroatoms. The van der Waals surface area contributed by atoms with Gasteiger partial charge in [-0.3, -0.25) is 14.5 Å². The molecule has 34 heavy (non-hydrogen) atoms. The number of imide groups is 1. The first-order chi connectivity index (χ1) is 16.3. The van der Waals surface area contributed by atoms with Crippen LogP contribution < -0.4 is 11.1 Å². The number of rotatable bonds is 7. The van der Waals surface area contributed by atoms with E-state index in [9.17, 15) is 18.8 Å². The van der Waals surface area contributed by atoms with Crippen LogP contribution in [0.4, 0.5) is 14.9 Å². The number of nitrogen functional groups attached to an aromatic ring is 1. The lowest BCUT2D eigenvalue weighted by Crippen LogP contribution is -2.51. The summed E-state index contributed by atoms with van der Waals surface area (Å²) in [5.74, 6) is -0.340. The van der Waals surface area contributed by atoms with Crippen molar-refractivity contribution in [1.82, 2.24) is 15.1 Å². The third-order valence-electron chi connectivity index (χ3n) is 7.23. The molecule has 1 saturated carbocycles. The van der Waals surface area contributed by atoms with Gasteiger partial charge >= 0.3 is 6.03 Å². The van der Waals surface area contributed by atoms with Crippen LogP contribution in [0, 0.1) is 11.7 Å². The summed E-state index contributed by atoms with van der Waals surface area (Å²) in [5.41, 5.74) is 8.43. The summed E-state index contributed by atoms with van der Waals surface area (Å²) < 4.78 is 13.3. The monoisotopic (exact) mass is 464 g/mol. The van der Waals surface area contributed by atoms with Crippen molar-refractivity contribution in [1.29, 1.82) is 0 Å². The van der Waals surface area contributed by atoms with Gasteiger partial charge in [0.1, 0.15) is 17.9 Å². The van der Waals surface area contributed by atoms with Gasteiger partial charge in [0.15, 0.2) is 0 Å². The van der Waals surface area contributed by atoms with E-state index < -0.39 is 11.6 Å². The summed E-state index contributed by atoms with van der Waals surface area (Å²) in [7, 11) is 0. The predicted octanol–water partition coefficient (Wildman–Crippen LogP) is 3.02. The Morgan fingerprint density at radius 1 is 1.15 bits per heavy atom. The number of urea groups is 1. The molecule has 0 bridgehead atoms. The fourth-order valence-corrected chi connectivity index (χ4v) is 5.00. The first kappa shape index (κ1) is 22.4. The van der Waals surface area contributed by atoms with Gasteiger partial charge in [-0.05, 0) is 66.1 Å². The van der Waals surface area contributed by atoms with E-state index in [1.54, 1.807) is 23.1 Å². The minimum Gasteiger partial charge on any atom is -0.399 e. The molecule has 1 unspecified atom stereocenters. The number of nitrogens with one attached hydrogen (secondary N) is 1. The number of hydrogen-bond donors (Lipinski definition) is 2. The average Bonchev–Trinajstić information content (AvgIpc) is 3.62. The normalized spacial score (nSPS) is 21.5. The van der Waals surface area contributed by atoms with Crippen LogP contribution in [-0.4, -0.2) is 46.3 Å². The van der Waals surface area contributed by atoms with Gasteiger partial charge < -0.3 is 16.0 Å². The highest BCUT2D eigenvalue weighted by Gasteiger charge is 2.52. The summed E-state index contributed by atoms with van der Waals surface area (Å²) in [5, 5.41) is 2.88. The molecule has 0 radical (unpaired) electrons. The van der Waals surface area contributed by atoms with E-state index in [0.717, 1.165) is 28.0 Å². The Balaban J connectivity index is 1.30. The minimum atomic E-state index is -1.02. The van der Waals surface area contributed by atoms with E-state index >= 15 is 0 Å². The highest BCUT2D eigenvalue weighted by atomic mass is 19.1. The number of fused-ring (bicyclic) bond motifs is 1. The Bertz CT molecular complexity index is 1130. The number of benzene rings is 2. The fraction of sp³-hybridized carbons (Fsp3) is 0.423. The SMILES string of the molecule is Nc1ccc2c(c1)CCC1(C2)NC(=O)N(CC(=O)N(CCC2CC2)Cc2ccc(F)cc2)C1=O. The Hall–Kier alpha value is -3.42. The molecule has 178 valence electrons. The molecule has 1 saturated heterocycles. The highest BCUT2D eigenvalue weighted by Crippen LogP contribution is 2.35. The number of hydrogen-bond acceptors (Lipinski definition) is 4. The molecular weight excluding hydrogens is 435 g/mol. The van der Waals surface area contributed by atoms with Crippen LogP contribution in [0.5, 0.6) is 0 Å². The van der Waals surface area contributed by atoms with Gasteiger partial charge in [0, 0.05) is 25.2 Å². The number of anilines is 1. The van der Waals surface area contributed by atoms with Crippen LogP contribution in [0.2, 0.25) is 0 Å². The van der Waals surface area contributed by atoms with Gasteiger partial charge in [-0.25, -0.2) is 9.18 Å². The Morgan fingerprint density at radius 3 is 2.65 bits per heavy atom. The van der Waals surface area contributed by atoms with Gasteiger partial charge in [-0.15, -0.1) is 0 Å². The molecule has 1 heterocycles. The van der Waals surface area contributed by atoms with Crippen LogP contribution >= 0.6 is 0 Å². The molecule has 4 amide bonds. The first-order valence-corrected chi connectivity index (χ1v) is 11.9. The van der Waals surface area contributed by atoms with Gasteiger partial charge in [-0.1, -0.05) is 31.0 Å². The fourth-order valence-electron chi connectivity index (χ4n) is 5.00. The van der Waals surface area contributed by atoms with E-state index in [0.29, 0.717) is 44.0 Å². The number of aryl methyl sites for hydroxylation is 1. The van der Waals surface area contributed by atoms with Crippen molar-refractivity contribution in [3.05, 3.63) is 65.0 Å². The van der Waals surface area contributed by atoms with Crippen LogP contribution in [-0.2, 0) is 29.0 Å². The second-order valence-electron chi connectivity index (χ2n) is 9.78. The molecule has 2 fully saturated rings. The molecular formula is C26H29FN4O3. The Kier molecular flexibility index (Phi) is 5.75. The Morgan fingerprint density at radius 2 is 1.91 bits per heavy atom. The summed E-state index contributed by atoms with van der Waals surface area (Å²) in [6.07, 6.45) is 4.71. The van der Waals surface area contributed by atoms with Crippen molar-refractivity contribution >= 4 is 23.5 Å². The van der Waals surface area contributed by atoms with Crippen molar-refractivity contribution in [3.63, 3.8) is 0 Å². The summed E-state index contributed by atoms with van der Waals surface area (Å²) in [4.78, 5) is 42.2. The van der Waals surface area contributed by atoms with Gasteiger partial charge in [0.05, 0.1) is 0 Å². The number of amides is 4. The molecule has 0 aromatic heterocycles. The maximum atomic E-state index is 13.4. The van der Waals surface area contributed by atoms with Crippen LogP contribution in [0.25, 0.3) is 0 Å². The zero-order valence-corrected chi connectivity index (χ0v) is 19.1. The van der Waals surface area contributed by atoms with Crippen molar-refractivity contribution < 1.29 is 18.8 Å². The maximum Gasteiger partial charge on any atom is 0.325 e. The van der Waals surface area contributed by atoms with Crippen LogP contribution in [0.3, 0.4) is 0 Å². The molecule has 1 spiro atoms. The lowest BCUT2D eigenvalue weighted by atomic mass is 9.77. The van der Waals surface area contributed by atoms with Crippen molar-refractivity contribution in [2.45, 2.75) is 50.6 Å². The lowest BCUT2D eigenvalue weighted by molar-refractivity contribution is -0.139. The minimum absolute atomic E-state index is 0.283. The molecule has 1 atom stereocenters. The zero-order chi connectivity index (χ0) is 23.9. The number of carbonyl (C=O) groups is 3. The summed E-state index contributed by atoms with van der Waals surface area (Å²) in [6, 6.07) is 11.1. The summed E-state index contributed by atoms with van der Waals surface area (Å²) >= 11 is 0. The average molecular weight is 465 g/mol. The molecule has 2 aromatic carbocycles. The standard InChI is InChI=1S/C26H29FN4O3/c27-21-6-3-18(4-7-21)15-30(12-10-17-1-2-17)23(32)16-31-24(33)26(29-25(31)34)11-9-19-13-22(28)8-5-20(19)14-26/h3-8,13,17H,1-2,9-12,14-16,28H2,(H,29,34). The topological polar surface area (TPSA) is 95.7 Å². The van der Waals surface area contributed by atoms with Gasteiger partial charge in [0.25, 0.3) is 5.91 Å². The van der Waals surface area contributed by atoms with Gasteiger partial charge in [-0.2, -0.15) is 0 Å². The van der Waals surface area contributed by atoms with Crippen molar-refractivity contribution in [2.24, 2.45) is 5.92 Å². The van der Waals surface area contributed by atoms with E-state index in [-0.39, 0.29) is 24.2 Å². The molecule has 1 aliphatic heterocycles. The predicted molar refractivity (Wildman–Crippen MR) is 125 cm³/mol. The quantitative estimate of drug-likeness (QED) is 0.486. The molecule has 5 rings (SSSR count). The smallest absolute Gasteiger partial charge is 0.325 e. The summed E-state index contributed by atoms with van der Waals surface area (Å²) in [6.45, 7) is 0.562. The van der Waals surface area contributed by atoms with Crippen LogP contribution in [0.15, 0.2) is 42.5 Å². The van der Waals surface area contributed by atoms with E-state index in [4.69, 9.17) is 5.73 Å². The zero-order valence-electron chi connectivity index (χ0n) is 19.1. The maximum absolute atomic E-state index is 13.4. The van der Waals surface area contributed by atoms with Crippen LogP contribution in [0.1, 0.15) is 42.4 Å².